The van der Waals surface area contributed by atoms with Crippen molar-refractivity contribution in [3.63, 3.8) is 0 Å². The number of carbonyl (C=O) groups excluding carboxylic acids is 1. The van der Waals surface area contributed by atoms with Crippen LogP contribution in [0.1, 0.15) is 48.9 Å². The number of fused-ring (bicyclic) bond motifs is 1. The molecule has 1 amide bonds. The second kappa shape index (κ2) is 11.3. The third-order valence-electron chi connectivity index (χ3n) is 7.07. The molecular weight excluding hydrogens is 468 g/mol. The number of halogens is 2. The normalized spacial score (nSPS) is 22.6. The van der Waals surface area contributed by atoms with Crippen molar-refractivity contribution in [3.8, 4) is 0 Å². The first-order valence-electron chi connectivity index (χ1n) is 12.4. The molecule has 12 heteroatoms. The van der Waals surface area contributed by atoms with Gasteiger partial charge < -0.3 is 26.6 Å². The highest BCUT2D eigenvalue weighted by Crippen LogP contribution is 2.22. The van der Waals surface area contributed by atoms with Crippen LogP contribution in [0.25, 0.3) is 5.65 Å². The summed E-state index contributed by atoms with van der Waals surface area (Å²) in [6.45, 7) is 1.70. The largest absolute Gasteiger partial charge is 0.396 e. The highest BCUT2D eigenvalue weighted by atomic mass is 19.3. The van der Waals surface area contributed by atoms with Crippen LogP contribution in [0.2, 0.25) is 0 Å². The van der Waals surface area contributed by atoms with E-state index in [1.54, 1.807) is 6.20 Å². The molecule has 1 saturated heterocycles. The van der Waals surface area contributed by atoms with Gasteiger partial charge >= 0.3 is 0 Å². The van der Waals surface area contributed by atoms with Gasteiger partial charge in [-0.1, -0.05) is 0 Å². The van der Waals surface area contributed by atoms with E-state index in [-0.39, 0.29) is 23.3 Å². The van der Waals surface area contributed by atoms with E-state index >= 15 is 0 Å². The molecule has 0 aromatic carbocycles. The highest BCUT2D eigenvalue weighted by molar-refractivity contribution is 6.03. The summed E-state index contributed by atoms with van der Waals surface area (Å²) in [7, 11) is 4.17. The first kappa shape index (κ1) is 26.0. The summed E-state index contributed by atoms with van der Waals surface area (Å²) in [5.74, 6) is 0.117. The van der Waals surface area contributed by atoms with Crippen LogP contribution >= 0.6 is 0 Å². The number of amides is 1. The third kappa shape index (κ3) is 5.98. The SMILES string of the molecule is CN(C)C1CCN(c2ccn3ncc(C(=O)NC(C=NC4CCC(N)CC4)=C(N)C(F)F)c3n2)CC1. The number of nitrogens with two attached hydrogens (primary N) is 2. The first-order valence-corrected chi connectivity index (χ1v) is 12.4. The molecule has 2 fully saturated rings. The van der Waals surface area contributed by atoms with Crippen LogP contribution in [0.15, 0.2) is 34.8 Å². The van der Waals surface area contributed by atoms with Crippen molar-refractivity contribution in [3.05, 3.63) is 35.4 Å². The number of hydrogen-bond donors (Lipinski definition) is 3. The molecule has 1 aliphatic carbocycles. The van der Waals surface area contributed by atoms with Gasteiger partial charge in [-0.05, 0) is 58.7 Å². The Bertz CT molecular complexity index is 1110. The number of piperidine rings is 1. The average Bonchev–Trinajstić information content (AvgIpc) is 3.30. The Kier molecular flexibility index (Phi) is 8.14. The molecule has 4 rings (SSSR count). The van der Waals surface area contributed by atoms with Crippen LogP contribution in [0.5, 0.6) is 0 Å². The Balaban J connectivity index is 1.52. The molecule has 0 radical (unpaired) electrons. The van der Waals surface area contributed by atoms with Crippen molar-refractivity contribution >= 4 is 23.6 Å². The van der Waals surface area contributed by atoms with Gasteiger partial charge in [0.1, 0.15) is 17.1 Å². The average molecular weight is 504 g/mol. The fourth-order valence-corrected chi connectivity index (χ4v) is 4.72. The van der Waals surface area contributed by atoms with Gasteiger partial charge in [-0.3, -0.25) is 9.79 Å². The molecule has 0 bridgehead atoms. The smallest absolute Gasteiger partial charge is 0.279 e. The number of anilines is 1. The molecule has 5 N–H and O–H groups in total. The van der Waals surface area contributed by atoms with Crippen LogP contribution in [0.4, 0.5) is 14.6 Å². The summed E-state index contributed by atoms with van der Waals surface area (Å²) < 4.78 is 28.3. The van der Waals surface area contributed by atoms with Crippen molar-refractivity contribution in [2.24, 2.45) is 16.5 Å². The van der Waals surface area contributed by atoms with Gasteiger partial charge in [0.05, 0.1) is 17.9 Å². The Labute approximate surface area is 209 Å². The maximum atomic E-state index is 13.4. The predicted molar refractivity (Wildman–Crippen MR) is 135 cm³/mol. The molecule has 1 aliphatic heterocycles. The van der Waals surface area contributed by atoms with Crippen LogP contribution in [0.3, 0.4) is 0 Å². The maximum Gasteiger partial charge on any atom is 0.279 e. The lowest BCUT2D eigenvalue weighted by molar-refractivity contribution is 0.0968. The van der Waals surface area contributed by atoms with Crippen molar-refractivity contribution in [2.45, 2.75) is 63.1 Å². The Hall–Kier alpha value is -3.12. The van der Waals surface area contributed by atoms with Crippen molar-refractivity contribution in [1.29, 1.82) is 0 Å². The van der Waals surface area contributed by atoms with E-state index in [1.807, 2.05) is 6.07 Å². The number of allylic oxidation sites excluding steroid dienone is 2. The van der Waals surface area contributed by atoms with Gasteiger partial charge in [-0.15, -0.1) is 0 Å². The van der Waals surface area contributed by atoms with Gasteiger partial charge in [0.25, 0.3) is 12.3 Å². The van der Waals surface area contributed by atoms with E-state index in [0.29, 0.717) is 11.7 Å². The van der Waals surface area contributed by atoms with Gasteiger partial charge in [-0.25, -0.2) is 18.3 Å². The van der Waals surface area contributed by atoms with E-state index in [0.717, 1.165) is 57.4 Å². The molecule has 0 spiro atoms. The molecule has 2 aromatic rings. The van der Waals surface area contributed by atoms with E-state index in [1.165, 1.54) is 16.9 Å². The minimum atomic E-state index is -2.94. The third-order valence-corrected chi connectivity index (χ3v) is 7.07. The number of nitrogens with zero attached hydrogens (tertiary/aromatic N) is 6. The lowest BCUT2D eigenvalue weighted by atomic mass is 9.92. The fraction of sp³-hybridized carbons (Fsp3) is 0.583. The quantitative estimate of drug-likeness (QED) is 0.491. The van der Waals surface area contributed by atoms with Crippen LogP contribution < -0.4 is 21.7 Å². The zero-order chi connectivity index (χ0) is 25.8. The van der Waals surface area contributed by atoms with Crippen LogP contribution in [-0.2, 0) is 0 Å². The second-order valence-corrected chi connectivity index (χ2v) is 9.76. The van der Waals surface area contributed by atoms with Crippen molar-refractivity contribution < 1.29 is 13.6 Å². The molecular formula is C24H35F2N9O. The molecule has 2 aromatic heterocycles. The number of nitrogens with one attached hydrogen (secondary N) is 1. The molecule has 0 atom stereocenters. The fourth-order valence-electron chi connectivity index (χ4n) is 4.72. The minimum absolute atomic E-state index is 0.0417. The van der Waals surface area contributed by atoms with Gasteiger partial charge in [0.15, 0.2) is 5.65 Å². The number of carbonyl (C=O) groups is 1. The molecule has 196 valence electrons. The lowest BCUT2D eigenvalue weighted by Crippen LogP contribution is -2.42. The molecule has 3 heterocycles. The number of aromatic nitrogens is 3. The number of rotatable bonds is 7. The lowest BCUT2D eigenvalue weighted by Gasteiger charge is -2.35. The van der Waals surface area contributed by atoms with Gasteiger partial charge in [0, 0.05) is 37.6 Å². The number of alkyl halides is 2. The van der Waals surface area contributed by atoms with Gasteiger partial charge in [-0.2, -0.15) is 5.10 Å². The summed E-state index contributed by atoms with van der Waals surface area (Å²) in [5, 5.41) is 6.71. The molecule has 10 nitrogen and oxygen atoms in total. The number of hydrogen-bond acceptors (Lipinski definition) is 8. The summed E-state index contributed by atoms with van der Waals surface area (Å²) >= 11 is 0. The highest BCUT2D eigenvalue weighted by Gasteiger charge is 2.24. The van der Waals surface area contributed by atoms with Crippen molar-refractivity contribution in [1.82, 2.24) is 24.8 Å². The van der Waals surface area contributed by atoms with E-state index in [9.17, 15) is 13.6 Å². The number of aliphatic imine (C=N–C) groups is 1. The van der Waals surface area contributed by atoms with Crippen LogP contribution in [-0.4, -0.2) is 83.4 Å². The predicted octanol–water partition coefficient (Wildman–Crippen LogP) is 1.77. The molecule has 1 saturated carbocycles. The first-order chi connectivity index (χ1) is 17.2. The van der Waals surface area contributed by atoms with E-state index in [4.69, 9.17) is 11.5 Å². The maximum absolute atomic E-state index is 13.4. The second-order valence-electron chi connectivity index (χ2n) is 9.76. The molecule has 2 aliphatic rings. The topological polar surface area (TPSA) is 130 Å². The summed E-state index contributed by atoms with van der Waals surface area (Å²) in [4.78, 5) is 26.6. The monoisotopic (exact) mass is 503 g/mol. The zero-order valence-electron chi connectivity index (χ0n) is 20.8. The Morgan fingerprint density at radius 1 is 1.22 bits per heavy atom. The minimum Gasteiger partial charge on any atom is -0.396 e. The van der Waals surface area contributed by atoms with E-state index in [2.05, 4.69) is 44.3 Å². The van der Waals surface area contributed by atoms with E-state index < -0.39 is 18.0 Å². The molecule has 0 unspecified atom stereocenters. The Morgan fingerprint density at radius 2 is 1.92 bits per heavy atom. The van der Waals surface area contributed by atoms with Crippen LogP contribution in [0, 0.1) is 0 Å². The summed E-state index contributed by atoms with van der Waals surface area (Å²) in [6.07, 6.45) is 6.61. The summed E-state index contributed by atoms with van der Waals surface area (Å²) in [5.41, 5.74) is 11.1. The Morgan fingerprint density at radius 3 is 2.56 bits per heavy atom. The molecule has 36 heavy (non-hydrogen) atoms. The van der Waals surface area contributed by atoms with Crippen molar-refractivity contribution in [2.75, 3.05) is 32.1 Å². The zero-order valence-corrected chi connectivity index (χ0v) is 20.8. The standard InChI is InChI=1S/C24H35F2N9O/c1-33(2)17-7-10-34(11-8-17)20-9-12-35-23(32-20)18(13-30-35)24(36)31-19(21(28)22(25)26)14-29-16-5-3-15(27)4-6-16/h9,12-17,22H,3-8,10-11,27-28H2,1-2H3,(H,31,36). The van der Waals surface area contributed by atoms with Gasteiger partial charge in [0.2, 0.25) is 0 Å². The summed E-state index contributed by atoms with van der Waals surface area (Å²) in [6, 6.07) is 2.49.